The fourth-order valence-corrected chi connectivity index (χ4v) is 4.02. The van der Waals surface area contributed by atoms with E-state index in [-0.39, 0.29) is 23.7 Å². The average Bonchev–Trinajstić information content (AvgIpc) is 2.85. The summed E-state index contributed by atoms with van der Waals surface area (Å²) >= 11 is 0. The normalized spacial score (nSPS) is 11.8. The molecule has 1 amide bonds. The van der Waals surface area contributed by atoms with Crippen LogP contribution in [0.3, 0.4) is 0 Å². The van der Waals surface area contributed by atoms with E-state index in [4.69, 9.17) is 9.47 Å². The number of halogens is 1. The summed E-state index contributed by atoms with van der Waals surface area (Å²) in [7, 11) is 1.64. The van der Waals surface area contributed by atoms with E-state index in [1.807, 2.05) is 74.2 Å². The molecule has 0 aliphatic carbocycles. The molecule has 4 nitrogen and oxygen atoms in total. The van der Waals surface area contributed by atoms with Crippen LogP contribution in [-0.2, 0) is 11.3 Å². The highest BCUT2D eigenvalue weighted by atomic mass is 19.1. The predicted octanol–water partition coefficient (Wildman–Crippen LogP) is 6.58. The van der Waals surface area contributed by atoms with E-state index in [0.717, 1.165) is 34.6 Å². The Bertz CT molecular complexity index is 1030. The van der Waals surface area contributed by atoms with Gasteiger partial charge >= 0.3 is 0 Å². The van der Waals surface area contributed by atoms with Crippen molar-refractivity contribution in [2.75, 3.05) is 13.7 Å². The molecule has 180 valence electrons. The molecular weight excluding hydrogens is 429 g/mol. The van der Waals surface area contributed by atoms with Crippen molar-refractivity contribution in [3.05, 3.63) is 95.3 Å². The molecule has 34 heavy (non-hydrogen) atoms. The molecule has 0 radical (unpaired) electrons. The molecule has 0 aliphatic heterocycles. The third-order valence-electron chi connectivity index (χ3n) is 5.80. The monoisotopic (exact) mass is 463 g/mol. The number of methoxy groups -OCH3 is 1. The molecule has 3 aromatic carbocycles. The lowest BCUT2D eigenvalue weighted by atomic mass is 9.88. The number of carbonyl (C=O) groups is 1. The first kappa shape index (κ1) is 25.3. The van der Waals surface area contributed by atoms with Crippen LogP contribution in [0.1, 0.15) is 56.2 Å². The number of benzene rings is 3. The lowest BCUT2D eigenvalue weighted by Gasteiger charge is -2.26. The number of hydrogen-bond donors (Lipinski definition) is 0. The molecule has 0 saturated carbocycles. The molecule has 0 saturated heterocycles. The Hall–Kier alpha value is -3.34. The van der Waals surface area contributed by atoms with Crippen LogP contribution in [0.4, 0.5) is 4.39 Å². The second-order valence-electron chi connectivity index (χ2n) is 8.65. The molecule has 0 unspecified atom stereocenters. The van der Waals surface area contributed by atoms with E-state index in [1.165, 1.54) is 12.1 Å². The van der Waals surface area contributed by atoms with Gasteiger partial charge in [-0.25, -0.2) is 4.39 Å². The lowest BCUT2D eigenvalue weighted by molar-refractivity contribution is -0.131. The maximum Gasteiger partial charge on any atom is 0.222 e. The topological polar surface area (TPSA) is 38.8 Å². The third-order valence-corrected chi connectivity index (χ3v) is 5.80. The minimum absolute atomic E-state index is 0.0247. The molecule has 0 fully saturated rings. The highest BCUT2D eigenvalue weighted by molar-refractivity contribution is 5.75. The number of nitrogens with zero attached hydrogens (tertiary/aromatic N) is 1. The molecule has 0 spiro atoms. The van der Waals surface area contributed by atoms with E-state index in [1.54, 1.807) is 7.11 Å². The summed E-state index contributed by atoms with van der Waals surface area (Å²) < 4.78 is 24.6. The van der Waals surface area contributed by atoms with Crippen LogP contribution in [0.25, 0.3) is 0 Å². The van der Waals surface area contributed by atoms with Gasteiger partial charge in [0.2, 0.25) is 5.91 Å². The summed E-state index contributed by atoms with van der Waals surface area (Å²) in [5.74, 6) is 1.48. The maximum atomic E-state index is 13.6. The molecule has 5 heteroatoms. The zero-order chi connectivity index (χ0) is 24.5. The third kappa shape index (κ3) is 7.08. The molecule has 0 N–H and O–H groups in total. The van der Waals surface area contributed by atoms with Gasteiger partial charge in [0.05, 0.1) is 13.2 Å². The van der Waals surface area contributed by atoms with E-state index < -0.39 is 0 Å². The Labute approximate surface area is 202 Å². The van der Waals surface area contributed by atoms with Crippen molar-refractivity contribution < 1.29 is 18.7 Å². The molecule has 3 rings (SSSR count). The van der Waals surface area contributed by atoms with Crippen molar-refractivity contribution in [1.82, 2.24) is 4.90 Å². The van der Waals surface area contributed by atoms with Gasteiger partial charge in [-0.1, -0.05) is 43.3 Å². The first-order chi connectivity index (χ1) is 16.4. The van der Waals surface area contributed by atoms with Crippen molar-refractivity contribution in [2.45, 2.75) is 52.2 Å². The van der Waals surface area contributed by atoms with Crippen LogP contribution in [0.15, 0.2) is 72.8 Å². The van der Waals surface area contributed by atoms with Crippen molar-refractivity contribution in [3.63, 3.8) is 0 Å². The molecule has 1 atom stereocenters. The van der Waals surface area contributed by atoms with Crippen LogP contribution >= 0.6 is 0 Å². The van der Waals surface area contributed by atoms with Gasteiger partial charge in [0.1, 0.15) is 17.3 Å². The van der Waals surface area contributed by atoms with E-state index in [9.17, 15) is 9.18 Å². The van der Waals surface area contributed by atoms with Crippen LogP contribution in [-0.4, -0.2) is 30.6 Å². The highest BCUT2D eigenvalue weighted by Gasteiger charge is 2.19. The Morgan fingerprint density at radius 1 is 0.882 bits per heavy atom. The van der Waals surface area contributed by atoms with E-state index >= 15 is 0 Å². The second kappa shape index (κ2) is 12.2. The van der Waals surface area contributed by atoms with Gasteiger partial charge in [-0.3, -0.25) is 4.79 Å². The van der Waals surface area contributed by atoms with Crippen molar-refractivity contribution in [3.8, 4) is 11.5 Å². The minimum atomic E-state index is -0.259. The van der Waals surface area contributed by atoms with Gasteiger partial charge in [-0.05, 0) is 73.4 Å². The summed E-state index contributed by atoms with van der Waals surface area (Å²) in [5.41, 5.74) is 3.18. The summed E-state index contributed by atoms with van der Waals surface area (Å²) in [5, 5.41) is 0. The number of hydrogen-bond acceptors (Lipinski definition) is 3. The summed E-state index contributed by atoms with van der Waals surface area (Å²) in [6.45, 7) is 7.00. The first-order valence-electron chi connectivity index (χ1n) is 11.8. The van der Waals surface area contributed by atoms with Crippen LogP contribution in [0.5, 0.6) is 11.5 Å². The van der Waals surface area contributed by atoms with Crippen molar-refractivity contribution >= 4 is 5.91 Å². The summed E-state index contributed by atoms with van der Waals surface area (Å²) in [6, 6.07) is 22.5. The first-order valence-corrected chi connectivity index (χ1v) is 11.8. The predicted molar refractivity (Wildman–Crippen MR) is 134 cm³/mol. The van der Waals surface area contributed by atoms with Crippen LogP contribution in [0, 0.1) is 5.82 Å². The number of ether oxygens (including phenoxy) is 2. The largest absolute Gasteiger partial charge is 0.497 e. The zero-order valence-electron chi connectivity index (χ0n) is 20.5. The van der Waals surface area contributed by atoms with Gasteiger partial charge in [0.15, 0.2) is 0 Å². The van der Waals surface area contributed by atoms with Gasteiger partial charge in [-0.2, -0.15) is 0 Å². The molecule has 0 heterocycles. The standard InChI is InChI=1S/C29H34FNO3/c1-5-29(32)31(20-22-6-14-26(33-4)15-7-22)19-18-28(23-8-12-25(30)13-9-23)24-10-16-27(17-11-24)34-21(2)3/h6-17,21,28H,5,18-20H2,1-4H3/t28-/m0/s1. The van der Waals surface area contributed by atoms with E-state index in [2.05, 4.69) is 12.1 Å². The Balaban J connectivity index is 1.81. The van der Waals surface area contributed by atoms with Crippen LogP contribution in [0.2, 0.25) is 0 Å². The van der Waals surface area contributed by atoms with E-state index in [0.29, 0.717) is 19.5 Å². The quantitative estimate of drug-likeness (QED) is 0.322. The van der Waals surface area contributed by atoms with Crippen molar-refractivity contribution in [1.29, 1.82) is 0 Å². The smallest absolute Gasteiger partial charge is 0.222 e. The maximum absolute atomic E-state index is 13.6. The van der Waals surface area contributed by atoms with Gasteiger partial charge in [0.25, 0.3) is 0 Å². The number of amides is 1. The van der Waals surface area contributed by atoms with Gasteiger partial charge in [0, 0.05) is 25.4 Å². The Morgan fingerprint density at radius 3 is 1.97 bits per heavy atom. The number of rotatable bonds is 11. The molecular formula is C29H34FNO3. The van der Waals surface area contributed by atoms with Gasteiger partial charge in [-0.15, -0.1) is 0 Å². The van der Waals surface area contributed by atoms with Crippen molar-refractivity contribution in [2.24, 2.45) is 0 Å². The Kier molecular flexibility index (Phi) is 9.08. The fourth-order valence-electron chi connectivity index (χ4n) is 4.02. The SMILES string of the molecule is CCC(=O)N(CC[C@@H](c1ccc(F)cc1)c1ccc(OC(C)C)cc1)Cc1ccc(OC)cc1. The molecule has 0 aromatic heterocycles. The lowest BCUT2D eigenvalue weighted by Crippen LogP contribution is -2.31. The highest BCUT2D eigenvalue weighted by Crippen LogP contribution is 2.30. The van der Waals surface area contributed by atoms with Crippen LogP contribution < -0.4 is 9.47 Å². The fraction of sp³-hybridized carbons (Fsp3) is 0.345. The van der Waals surface area contributed by atoms with Gasteiger partial charge < -0.3 is 14.4 Å². The minimum Gasteiger partial charge on any atom is -0.497 e. The second-order valence-corrected chi connectivity index (χ2v) is 8.65. The average molecular weight is 464 g/mol. The zero-order valence-corrected chi connectivity index (χ0v) is 20.5. The molecule has 3 aromatic rings. The summed E-state index contributed by atoms with van der Waals surface area (Å²) in [6.07, 6.45) is 1.27. The molecule has 0 aliphatic rings. The molecule has 0 bridgehead atoms. The Morgan fingerprint density at radius 2 is 1.44 bits per heavy atom. The summed E-state index contributed by atoms with van der Waals surface area (Å²) in [4.78, 5) is 14.6. The number of carbonyl (C=O) groups excluding carboxylic acids is 1.